The topological polar surface area (TPSA) is 50.8 Å². The molecule has 2 atom stereocenters. The number of hydrogen-bond acceptors (Lipinski definition) is 4. The van der Waals surface area contributed by atoms with Gasteiger partial charge in [0, 0.05) is 29.1 Å². The van der Waals surface area contributed by atoms with E-state index in [9.17, 15) is 4.79 Å². The molecule has 0 bridgehead atoms. The number of hydrogen-bond donors (Lipinski definition) is 1. The smallest absolute Gasteiger partial charge is 0.255 e. The maximum atomic E-state index is 12.9. The molecule has 2 aliphatic heterocycles. The van der Waals surface area contributed by atoms with Crippen molar-refractivity contribution in [3.8, 4) is 5.75 Å². The number of likely N-dealkylation sites (tertiary alicyclic amines) is 1. The molecule has 162 valence electrons. The number of ether oxygens (including phenoxy) is 1. The van der Waals surface area contributed by atoms with Crippen LogP contribution < -0.4 is 10.1 Å². The molecule has 29 heavy (non-hydrogen) atoms. The summed E-state index contributed by atoms with van der Waals surface area (Å²) in [5, 5.41) is 3.38. The van der Waals surface area contributed by atoms with Crippen molar-refractivity contribution >= 4 is 36.8 Å². The van der Waals surface area contributed by atoms with Gasteiger partial charge in [-0.3, -0.25) is 9.69 Å². The Balaban J connectivity index is 1.62. The van der Waals surface area contributed by atoms with E-state index in [1.807, 2.05) is 6.07 Å². The molecule has 3 rings (SSSR count). The third-order valence-corrected chi connectivity index (χ3v) is 11.8. The first-order valence-electron chi connectivity index (χ1n) is 10.7. The van der Waals surface area contributed by atoms with Crippen LogP contribution in [0.5, 0.6) is 5.75 Å². The number of fused-ring (bicyclic) bond motifs is 1. The third-order valence-electron chi connectivity index (χ3n) is 6.65. The highest BCUT2D eigenvalue weighted by Crippen LogP contribution is 2.39. The van der Waals surface area contributed by atoms with Crippen molar-refractivity contribution in [1.29, 1.82) is 0 Å². The Hall–Kier alpha value is -0.643. The van der Waals surface area contributed by atoms with Crippen LogP contribution in [0.1, 0.15) is 50.0 Å². The summed E-state index contributed by atoms with van der Waals surface area (Å²) in [5.74, 6) is 0.729. The molecule has 1 N–H and O–H groups in total. The molecule has 2 aliphatic rings. The van der Waals surface area contributed by atoms with Crippen LogP contribution in [-0.4, -0.2) is 57.5 Å². The van der Waals surface area contributed by atoms with E-state index in [2.05, 4.69) is 79.7 Å². The van der Waals surface area contributed by atoms with Crippen LogP contribution in [0.4, 0.5) is 0 Å². The zero-order valence-corrected chi connectivity index (χ0v) is 21.8. The number of nitrogens with zero attached hydrogens (tertiary/aromatic N) is 1. The van der Waals surface area contributed by atoms with Crippen LogP contribution in [-0.2, 0) is 10.8 Å². The summed E-state index contributed by atoms with van der Waals surface area (Å²) in [7, 11) is -1.79. The van der Waals surface area contributed by atoms with E-state index in [1.54, 1.807) is 0 Å². The number of likely N-dealkylation sites (N-methyl/N-ethyl adjacent to an activating group) is 1. The second kappa shape index (κ2) is 8.84. The summed E-state index contributed by atoms with van der Waals surface area (Å²) >= 11 is 2.27. The standard InChI is InChI=1S/C22H35IN2O3Si/c1-7-25-14-18(28-29(5,6)22(2,3)4)12-17(25)13-24-21(26)19-11-16(23)10-15-8-9-27-20(15)19/h10-11,17-18H,7-9,12-14H2,1-6H3,(H,24,26)/t17-,18+/m0/s1. The highest BCUT2D eigenvalue weighted by molar-refractivity contribution is 14.1. The monoisotopic (exact) mass is 530 g/mol. The van der Waals surface area contributed by atoms with Crippen LogP contribution >= 0.6 is 22.6 Å². The van der Waals surface area contributed by atoms with Crippen LogP contribution in [0, 0.1) is 3.57 Å². The molecule has 0 aliphatic carbocycles. The minimum atomic E-state index is -1.79. The van der Waals surface area contributed by atoms with E-state index in [0.29, 0.717) is 24.8 Å². The summed E-state index contributed by atoms with van der Waals surface area (Å²) in [6.07, 6.45) is 2.11. The Labute approximate surface area is 190 Å². The van der Waals surface area contributed by atoms with Gasteiger partial charge < -0.3 is 14.5 Å². The zero-order chi connectivity index (χ0) is 21.4. The lowest BCUT2D eigenvalue weighted by Gasteiger charge is -2.38. The van der Waals surface area contributed by atoms with E-state index < -0.39 is 8.32 Å². The molecule has 7 heteroatoms. The summed E-state index contributed by atoms with van der Waals surface area (Å²) in [6, 6.07) is 4.35. The quantitative estimate of drug-likeness (QED) is 0.437. The average Bonchev–Trinajstić information content (AvgIpc) is 3.23. The molecule has 2 heterocycles. The minimum Gasteiger partial charge on any atom is -0.492 e. The molecule has 1 aromatic carbocycles. The number of nitrogens with one attached hydrogen (secondary N) is 1. The average molecular weight is 531 g/mol. The summed E-state index contributed by atoms with van der Waals surface area (Å²) in [5.41, 5.74) is 1.81. The van der Waals surface area contributed by atoms with Crippen molar-refractivity contribution in [1.82, 2.24) is 10.2 Å². The van der Waals surface area contributed by atoms with E-state index in [4.69, 9.17) is 9.16 Å². The third kappa shape index (κ3) is 5.17. The maximum absolute atomic E-state index is 12.9. The number of amides is 1. The zero-order valence-electron chi connectivity index (χ0n) is 18.6. The van der Waals surface area contributed by atoms with Crippen molar-refractivity contribution in [2.24, 2.45) is 0 Å². The molecule has 0 aromatic heterocycles. The Morgan fingerprint density at radius 3 is 2.76 bits per heavy atom. The SMILES string of the molecule is CCN1C[C@H](O[Si](C)(C)C(C)(C)C)C[C@H]1CNC(=O)c1cc(I)cc2c1OCC2. The van der Waals surface area contributed by atoms with Gasteiger partial charge in [0.25, 0.3) is 5.91 Å². The number of rotatable bonds is 6. The lowest BCUT2D eigenvalue weighted by atomic mass is 10.1. The molecule has 0 saturated carbocycles. The largest absolute Gasteiger partial charge is 0.492 e. The molecule has 1 aromatic rings. The van der Waals surface area contributed by atoms with Gasteiger partial charge in [0.1, 0.15) is 5.75 Å². The number of carbonyl (C=O) groups is 1. The van der Waals surface area contributed by atoms with E-state index in [0.717, 1.165) is 40.8 Å². The van der Waals surface area contributed by atoms with Crippen LogP contribution in [0.2, 0.25) is 18.1 Å². The highest BCUT2D eigenvalue weighted by Gasteiger charge is 2.42. The lowest BCUT2D eigenvalue weighted by molar-refractivity contribution is 0.0938. The van der Waals surface area contributed by atoms with Gasteiger partial charge in [-0.15, -0.1) is 0 Å². The van der Waals surface area contributed by atoms with Crippen LogP contribution in [0.15, 0.2) is 12.1 Å². The molecule has 5 nitrogen and oxygen atoms in total. The molecule has 1 saturated heterocycles. The minimum absolute atomic E-state index is 0.0357. The van der Waals surface area contributed by atoms with E-state index >= 15 is 0 Å². The van der Waals surface area contributed by atoms with Crippen LogP contribution in [0.3, 0.4) is 0 Å². The van der Waals surface area contributed by atoms with Gasteiger partial charge in [-0.1, -0.05) is 27.7 Å². The van der Waals surface area contributed by atoms with Crippen molar-refractivity contribution in [2.45, 2.75) is 70.8 Å². The number of benzene rings is 1. The first-order valence-corrected chi connectivity index (χ1v) is 14.7. The molecular weight excluding hydrogens is 495 g/mol. The summed E-state index contributed by atoms with van der Waals surface area (Å²) in [6.45, 7) is 16.9. The lowest BCUT2D eigenvalue weighted by Crippen LogP contribution is -2.44. The molecule has 0 unspecified atom stereocenters. The maximum Gasteiger partial charge on any atom is 0.255 e. The number of carbonyl (C=O) groups excluding carboxylic acids is 1. The highest BCUT2D eigenvalue weighted by atomic mass is 127. The van der Waals surface area contributed by atoms with Crippen molar-refractivity contribution < 1.29 is 14.0 Å². The fourth-order valence-corrected chi connectivity index (χ4v) is 6.00. The van der Waals surface area contributed by atoms with Gasteiger partial charge in [0.05, 0.1) is 18.3 Å². The Bertz CT molecular complexity index is 763. The van der Waals surface area contributed by atoms with Gasteiger partial charge in [-0.25, -0.2) is 0 Å². The summed E-state index contributed by atoms with van der Waals surface area (Å²) < 4.78 is 13.5. The van der Waals surface area contributed by atoms with Gasteiger partial charge >= 0.3 is 0 Å². The van der Waals surface area contributed by atoms with E-state index in [1.165, 1.54) is 0 Å². The second-order valence-electron chi connectivity index (χ2n) is 9.73. The van der Waals surface area contributed by atoms with Crippen molar-refractivity contribution in [3.05, 3.63) is 26.8 Å². The molecule has 0 spiro atoms. The normalized spacial score (nSPS) is 22.4. The van der Waals surface area contributed by atoms with E-state index in [-0.39, 0.29) is 17.0 Å². The van der Waals surface area contributed by atoms with Gasteiger partial charge in [0.15, 0.2) is 8.32 Å². The van der Waals surface area contributed by atoms with Gasteiger partial charge in [0.2, 0.25) is 0 Å². The fraction of sp³-hybridized carbons (Fsp3) is 0.682. The molecular formula is C22H35IN2O3Si. The Morgan fingerprint density at radius 2 is 2.10 bits per heavy atom. The van der Waals surface area contributed by atoms with Gasteiger partial charge in [-0.2, -0.15) is 0 Å². The fourth-order valence-electron chi connectivity index (χ4n) is 3.96. The molecule has 0 radical (unpaired) electrons. The Kier molecular flexibility index (Phi) is 7.02. The number of halogens is 1. The Morgan fingerprint density at radius 1 is 1.38 bits per heavy atom. The first kappa shape index (κ1) is 23.0. The predicted octanol–water partition coefficient (Wildman–Crippen LogP) is 4.44. The second-order valence-corrected chi connectivity index (χ2v) is 15.7. The predicted molar refractivity (Wildman–Crippen MR) is 128 cm³/mol. The van der Waals surface area contributed by atoms with Gasteiger partial charge in [-0.05, 0) is 71.4 Å². The van der Waals surface area contributed by atoms with Crippen LogP contribution in [0.25, 0.3) is 0 Å². The van der Waals surface area contributed by atoms with Crippen molar-refractivity contribution in [3.63, 3.8) is 0 Å². The molecule has 1 amide bonds. The first-order chi connectivity index (χ1) is 13.5. The van der Waals surface area contributed by atoms with Crippen molar-refractivity contribution in [2.75, 3.05) is 26.2 Å². The molecule has 1 fully saturated rings. The summed E-state index contributed by atoms with van der Waals surface area (Å²) in [4.78, 5) is 15.4.